The lowest BCUT2D eigenvalue weighted by Crippen LogP contribution is -2.00. The number of aryl methyl sites for hydroxylation is 1. The van der Waals surface area contributed by atoms with Gasteiger partial charge in [0.15, 0.2) is 11.5 Å². The van der Waals surface area contributed by atoms with Crippen molar-refractivity contribution in [1.82, 2.24) is 9.66 Å². The lowest BCUT2D eigenvalue weighted by atomic mass is 10.2. The molecule has 3 aromatic rings. The largest absolute Gasteiger partial charge is 0.493 e. The number of imidazole rings is 1. The van der Waals surface area contributed by atoms with Crippen LogP contribution in [0.15, 0.2) is 47.7 Å². The molecule has 1 heterocycles. The van der Waals surface area contributed by atoms with Gasteiger partial charge in [-0.3, -0.25) is 0 Å². The predicted octanol–water partition coefficient (Wildman–Crippen LogP) is 4.55. The van der Waals surface area contributed by atoms with Crippen LogP contribution in [0.4, 0.5) is 5.95 Å². The van der Waals surface area contributed by atoms with E-state index >= 15 is 0 Å². The van der Waals surface area contributed by atoms with E-state index in [4.69, 9.17) is 38.4 Å². The second-order valence-electron chi connectivity index (χ2n) is 5.74. The third-order valence-corrected chi connectivity index (χ3v) is 4.40. The van der Waals surface area contributed by atoms with Crippen LogP contribution >= 0.6 is 23.2 Å². The van der Waals surface area contributed by atoms with Crippen LogP contribution in [0.1, 0.15) is 16.8 Å². The Hall–Kier alpha value is -2.70. The normalized spacial score (nSPS) is 11.1. The van der Waals surface area contributed by atoms with Crippen molar-refractivity contribution in [2.24, 2.45) is 5.10 Å². The summed E-state index contributed by atoms with van der Waals surface area (Å²) in [5.41, 5.74) is 8.15. The molecule has 0 aliphatic heterocycles. The summed E-state index contributed by atoms with van der Waals surface area (Å²) >= 11 is 12.6. The fourth-order valence-corrected chi connectivity index (χ4v) is 2.91. The van der Waals surface area contributed by atoms with E-state index in [0.29, 0.717) is 27.5 Å². The summed E-state index contributed by atoms with van der Waals surface area (Å²) in [6, 6.07) is 11.0. The summed E-state index contributed by atoms with van der Waals surface area (Å²) in [7, 11) is 1.55. The molecule has 0 radical (unpaired) electrons. The number of aromatic nitrogens is 2. The maximum atomic E-state index is 6.39. The monoisotopic (exact) mass is 404 g/mol. The van der Waals surface area contributed by atoms with Crippen LogP contribution in [-0.2, 0) is 6.61 Å². The first-order valence-corrected chi connectivity index (χ1v) is 8.83. The average Bonchev–Trinajstić information content (AvgIpc) is 2.97. The molecular weight excluding hydrogens is 387 g/mol. The van der Waals surface area contributed by atoms with Gasteiger partial charge in [-0.2, -0.15) is 5.10 Å². The molecule has 2 N–H and O–H groups in total. The lowest BCUT2D eigenvalue weighted by Gasteiger charge is -2.14. The Kier molecular flexibility index (Phi) is 5.88. The highest BCUT2D eigenvalue weighted by Crippen LogP contribution is 2.37. The second kappa shape index (κ2) is 8.33. The third kappa shape index (κ3) is 4.53. The van der Waals surface area contributed by atoms with Crippen LogP contribution in [0.25, 0.3) is 0 Å². The SMILES string of the molecule is COc1cc(C=Nn2cc(C)nc2N)cc(Cl)c1OCc1ccccc1Cl. The Balaban J connectivity index is 1.82. The van der Waals surface area contributed by atoms with Gasteiger partial charge in [-0.15, -0.1) is 0 Å². The number of anilines is 1. The Bertz CT molecular complexity index is 986. The van der Waals surface area contributed by atoms with Gasteiger partial charge in [0, 0.05) is 10.6 Å². The number of methoxy groups -OCH3 is 1. The summed E-state index contributed by atoms with van der Waals surface area (Å²) in [5.74, 6) is 1.24. The summed E-state index contributed by atoms with van der Waals surface area (Å²) in [4.78, 5) is 4.09. The molecule has 0 aliphatic carbocycles. The molecule has 3 rings (SSSR count). The van der Waals surface area contributed by atoms with Gasteiger partial charge in [-0.25, -0.2) is 9.66 Å². The van der Waals surface area contributed by atoms with Crippen LogP contribution in [-0.4, -0.2) is 23.0 Å². The average molecular weight is 405 g/mol. The maximum Gasteiger partial charge on any atom is 0.221 e. The molecule has 27 heavy (non-hydrogen) atoms. The van der Waals surface area contributed by atoms with E-state index in [1.807, 2.05) is 31.2 Å². The number of nitrogens with two attached hydrogens (primary N) is 1. The summed E-state index contributed by atoms with van der Waals surface area (Å²) in [6.07, 6.45) is 3.34. The van der Waals surface area contributed by atoms with E-state index in [0.717, 1.165) is 16.8 Å². The Morgan fingerprint density at radius 3 is 2.67 bits per heavy atom. The van der Waals surface area contributed by atoms with Crippen LogP contribution < -0.4 is 15.2 Å². The molecule has 6 nitrogen and oxygen atoms in total. The number of hydrogen-bond donors (Lipinski definition) is 1. The summed E-state index contributed by atoms with van der Waals surface area (Å²) in [5, 5.41) is 5.31. The molecule has 0 aliphatic rings. The van der Waals surface area contributed by atoms with Crippen LogP contribution in [0, 0.1) is 6.92 Å². The smallest absolute Gasteiger partial charge is 0.221 e. The van der Waals surface area contributed by atoms with Gasteiger partial charge in [0.2, 0.25) is 5.95 Å². The van der Waals surface area contributed by atoms with Crippen LogP contribution in [0.5, 0.6) is 11.5 Å². The number of rotatable bonds is 6. The van der Waals surface area contributed by atoms with Crippen molar-refractivity contribution < 1.29 is 9.47 Å². The zero-order valence-electron chi connectivity index (χ0n) is 14.8. The Morgan fingerprint density at radius 1 is 1.22 bits per heavy atom. The topological polar surface area (TPSA) is 74.7 Å². The molecule has 0 saturated heterocycles. The number of halogens is 2. The maximum absolute atomic E-state index is 6.39. The molecular formula is C19H18Cl2N4O2. The lowest BCUT2D eigenvalue weighted by molar-refractivity contribution is 0.285. The molecule has 8 heteroatoms. The molecule has 2 aromatic carbocycles. The molecule has 0 spiro atoms. The first-order chi connectivity index (χ1) is 13.0. The van der Waals surface area contributed by atoms with E-state index in [9.17, 15) is 0 Å². The molecule has 0 bridgehead atoms. The fourth-order valence-electron chi connectivity index (χ4n) is 2.45. The minimum Gasteiger partial charge on any atom is -0.493 e. The number of ether oxygens (including phenoxy) is 2. The number of nitrogen functional groups attached to an aromatic ring is 1. The van der Waals surface area contributed by atoms with E-state index < -0.39 is 0 Å². The quantitative estimate of drug-likeness (QED) is 0.611. The zero-order valence-corrected chi connectivity index (χ0v) is 16.3. The van der Waals surface area contributed by atoms with Crippen LogP contribution in [0.3, 0.4) is 0 Å². The number of benzene rings is 2. The highest BCUT2D eigenvalue weighted by atomic mass is 35.5. The van der Waals surface area contributed by atoms with Crippen LogP contribution in [0.2, 0.25) is 10.0 Å². The molecule has 0 unspecified atom stereocenters. The molecule has 140 valence electrons. The Labute approximate surface area is 167 Å². The standard InChI is InChI=1S/C19H18Cl2N4O2/c1-12-10-25(19(22)24-12)23-9-13-7-16(21)18(17(8-13)26-2)27-11-14-5-3-4-6-15(14)20/h3-10H,11H2,1-2H3,(H2,22,24). The van der Waals surface area contributed by atoms with Crippen molar-refractivity contribution in [2.75, 3.05) is 12.8 Å². The van der Waals surface area contributed by atoms with Crippen molar-refractivity contribution >= 4 is 35.4 Å². The predicted molar refractivity (Wildman–Crippen MR) is 108 cm³/mol. The zero-order chi connectivity index (χ0) is 19.4. The van der Waals surface area contributed by atoms with Gasteiger partial charge >= 0.3 is 0 Å². The van der Waals surface area contributed by atoms with Crippen molar-refractivity contribution in [1.29, 1.82) is 0 Å². The first kappa shape index (κ1) is 19.1. The first-order valence-electron chi connectivity index (χ1n) is 8.07. The minimum atomic E-state index is 0.272. The minimum absolute atomic E-state index is 0.272. The van der Waals surface area contributed by atoms with Gasteiger partial charge in [0.05, 0.1) is 30.2 Å². The van der Waals surface area contributed by atoms with Crippen molar-refractivity contribution in [3.63, 3.8) is 0 Å². The van der Waals surface area contributed by atoms with E-state index in [-0.39, 0.29) is 6.61 Å². The molecule has 0 fully saturated rings. The molecule has 0 atom stereocenters. The van der Waals surface area contributed by atoms with Crippen molar-refractivity contribution in [3.05, 3.63) is 69.5 Å². The number of hydrogen-bond acceptors (Lipinski definition) is 5. The van der Waals surface area contributed by atoms with Gasteiger partial charge in [-0.05, 0) is 30.7 Å². The second-order valence-corrected chi connectivity index (χ2v) is 6.56. The van der Waals surface area contributed by atoms with Gasteiger partial charge < -0.3 is 15.2 Å². The van der Waals surface area contributed by atoms with E-state index in [1.54, 1.807) is 31.7 Å². The van der Waals surface area contributed by atoms with Gasteiger partial charge in [0.1, 0.15) is 6.61 Å². The number of nitrogens with zero attached hydrogens (tertiary/aromatic N) is 3. The van der Waals surface area contributed by atoms with Crippen molar-refractivity contribution in [3.8, 4) is 11.5 Å². The van der Waals surface area contributed by atoms with Gasteiger partial charge in [-0.1, -0.05) is 41.4 Å². The molecule has 0 saturated carbocycles. The molecule has 0 amide bonds. The Morgan fingerprint density at radius 2 is 2.00 bits per heavy atom. The van der Waals surface area contributed by atoms with E-state index in [2.05, 4.69) is 10.1 Å². The summed E-state index contributed by atoms with van der Waals surface area (Å²) in [6.45, 7) is 2.11. The third-order valence-electron chi connectivity index (χ3n) is 3.75. The van der Waals surface area contributed by atoms with Crippen molar-refractivity contribution in [2.45, 2.75) is 13.5 Å². The fraction of sp³-hybridized carbons (Fsp3) is 0.158. The summed E-state index contributed by atoms with van der Waals surface area (Å²) < 4.78 is 12.7. The highest BCUT2D eigenvalue weighted by molar-refractivity contribution is 6.32. The van der Waals surface area contributed by atoms with E-state index in [1.165, 1.54) is 4.68 Å². The molecule has 1 aromatic heterocycles. The van der Waals surface area contributed by atoms with Gasteiger partial charge in [0.25, 0.3) is 0 Å². The highest BCUT2D eigenvalue weighted by Gasteiger charge is 2.13.